The van der Waals surface area contributed by atoms with Gasteiger partial charge in [0.2, 0.25) is 0 Å². The van der Waals surface area contributed by atoms with E-state index in [4.69, 9.17) is 17.0 Å². The molecule has 1 heterocycles. The molecule has 0 atom stereocenters. The van der Waals surface area contributed by atoms with Gasteiger partial charge in [0.15, 0.2) is 5.82 Å². The van der Waals surface area contributed by atoms with Gasteiger partial charge < -0.3 is 10.5 Å². The van der Waals surface area contributed by atoms with E-state index in [-0.39, 0.29) is 6.73 Å². The van der Waals surface area contributed by atoms with Crippen LogP contribution in [0.2, 0.25) is 0 Å². The standard InChI is InChI=1S/C17H15N5O/c1-12-9-13(3-8-16(12)18)17-20-10-22(21-17)14-4-6-15(7-5-14)23-11-19-2/h3-10H,11,18H2,1H3. The highest BCUT2D eigenvalue weighted by atomic mass is 16.5. The fourth-order valence-corrected chi connectivity index (χ4v) is 2.14. The van der Waals surface area contributed by atoms with Crippen molar-refractivity contribution in [2.75, 3.05) is 12.5 Å². The Morgan fingerprint density at radius 1 is 1.22 bits per heavy atom. The van der Waals surface area contributed by atoms with Crippen LogP contribution in [0.3, 0.4) is 0 Å². The van der Waals surface area contributed by atoms with Crippen LogP contribution in [0.5, 0.6) is 5.75 Å². The zero-order chi connectivity index (χ0) is 16.2. The van der Waals surface area contributed by atoms with Gasteiger partial charge in [0.1, 0.15) is 12.1 Å². The number of ether oxygens (including phenoxy) is 1. The summed E-state index contributed by atoms with van der Waals surface area (Å²) in [7, 11) is 0. The summed E-state index contributed by atoms with van der Waals surface area (Å²) in [5.74, 6) is 1.29. The van der Waals surface area contributed by atoms with Gasteiger partial charge in [-0.25, -0.2) is 16.2 Å². The van der Waals surface area contributed by atoms with Gasteiger partial charge >= 0.3 is 6.73 Å². The van der Waals surface area contributed by atoms with Crippen LogP contribution in [0.25, 0.3) is 21.9 Å². The monoisotopic (exact) mass is 305 g/mol. The Morgan fingerprint density at radius 2 is 2.00 bits per heavy atom. The molecule has 0 aliphatic carbocycles. The number of aromatic nitrogens is 3. The lowest BCUT2D eigenvalue weighted by atomic mass is 10.1. The van der Waals surface area contributed by atoms with Crippen LogP contribution >= 0.6 is 0 Å². The first-order valence-electron chi connectivity index (χ1n) is 7.02. The summed E-state index contributed by atoms with van der Waals surface area (Å²) in [6.07, 6.45) is 1.66. The van der Waals surface area contributed by atoms with Gasteiger partial charge in [-0.1, -0.05) is 0 Å². The Hall–Kier alpha value is -3.33. The van der Waals surface area contributed by atoms with Crippen molar-refractivity contribution in [2.24, 2.45) is 0 Å². The molecule has 0 fully saturated rings. The van der Waals surface area contributed by atoms with Crippen LogP contribution in [-0.2, 0) is 0 Å². The zero-order valence-electron chi connectivity index (χ0n) is 12.6. The number of hydrogen-bond donors (Lipinski definition) is 1. The van der Waals surface area contributed by atoms with Crippen molar-refractivity contribution in [1.82, 2.24) is 14.8 Å². The Morgan fingerprint density at radius 3 is 2.70 bits per heavy atom. The lowest BCUT2D eigenvalue weighted by Gasteiger charge is -2.03. The van der Waals surface area contributed by atoms with E-state index in [1.165, 1.54) is 0 Å². The van der Waals surface area contributed by atoms with Crippen LogP contribution in [0.1, 0.15) is 5.56 Å². The van der Waals surface area contributed by atoms with Gasteiger partial charge in [-0.15, -0.1) is 5.10 Å². The minimum Gasteiger partial charge on any atom is -0.426 e. The molecule has 0 radical (unpaired) electrons. The lowest BCUT2D eigenvalue weighted by molar-refractivity contribution is 0.361. The van der Waals surface area contributed by atoms with Crippen molar-refractivity contribution in [3.8, 4) is 22.8 Å². The molecule has 2 aromatic carbocycles. The summed E-state index contributed by atoms with van der Waals surface area (Å²) < 4.78 is 6.93. The third-order valence-electron chi connectivity index (χ3n) is 3.42. The van der Waals surface area contributed by atoms with Gasteiger partial charge in [0.05, 0.1) is 5.69 Å². The van der Waals surface area contributed by atoms with Crippen molar-refractivity contribution >= 4 is 5.69 Å². The molecule has 6 heteroatoms. The lowest BCUT2D eigenvalue weighted by Crippen LogP contribution is -1.96. The molecular formula is C17H15N5O. The number of benzene rings is 2. The molecule has 114 valence electrons. The molecule has 3 aromatic rings. The van der Waals surface area contributed by atoms with E-state index in [9.17, 15) is 0 Å². The van der Waals surface area contributed by atoms with Crippen LogP contribution < -0.4 is 10.5 Å². The van der Waals surface area contributed by atoms with Crippen molar-refractivity contribution in [2.45, 2.75) is 6.92 Å². The van der Waals surface area contributed by atoms with Crippen LogP contribution in [0, 0.1) is 13.5 Å². The van der Waals surface area contributed by atoms with E-state index in [1.807, 2.05) is 37.3 Å². The highest BCUT2D eigenvalue weighted by Crippen LogP contribution is 2.21. The Balaban J connectivity index is 1.84. The normalized spacial score (nSPS) is 10.3. The molecule has 1 aromatic heterocycles. The Bertz CT molecular complexity index is 861. The SMILES string of the molecule is [C-]#[N+]COc1ccc(-n2cnc(-c3ccc(N)c(C)c3)n2)cc1. The number of nitrogens with zero attached hydrogens (tertiary/aromatic N) is 4. The molecule has 0 saturated heterocycles. The van der Waals surface area contributed by atoms with Crippen molar-refractivity contribution in [1.29, 1.82) is 0 Å². The van der Waals surface area contributed by atoms with Gasteiger partial charge in [-0.3, -0.25) is 4.85 Å². The molecular weight excluding hydrogens is 290 g/mol. The predicted octanol–water partition coefficient (Wildman–Crippen LogP) is 3.08. The maximum Gasteiger partial charge on any atom is 0.357 e. The van der Waals surface area contributed by atoms with E-state index in [1.54, 1.807) is 23.1 Å². The first-order valence-corrected chi connectivity index (χ1v) is 7.02. The minimum absolute atomic E-state index is 0.0172. The number of nitrogens with two attached hydrogens (primary N) is 1. The number of hydrogen-bond acceptors (Lipinski definition) is 4. The first kappa shape index (κ1) is 14.6. The molecule has 0 spiro atoms. The number of aryl methyl sites for hydroxylation is 1. The average molecular weight is 305 g/mol. The zero-order valence-corrected chi connectivity index (χ0v) is 12.6. The second-order valence-electron chi connectivity index (χ2n) is 5.01. The van der Waals surface area contributed by atoms with Crippen LogP contribution in [-0.4, -0.2) is 21.5 Å². The third-order valence-corrected chi connectivity index (χ3v) is 3.42. The second kappa shape index (κ2) is 6.20. The van der Waals surface area contributed by atoms with E-state index in [2.05, 4.69) is 14.9 Å². The van der Waals surface area contributed by atoms with Gasteiger partial charge in [0, 0.05) is 11.3 Å². The summed E-state index contributed by atoms with van der Waals surface area (Å²) in [4.78, 5) is 7.50. The quantitative estimate of drug-likeness (QED) is 0.594. The molecule has 3 rings (SSSR count). The number of anilines is 1. The Kier molecular flexibility index (Phi) is 3.93. The van der Waals surface area contributed by atoms with Gasteiger partial charge in [-0.2, -0.15) is 0 Å². The summed E-state index contributed by atoms with van der Waals surface area (Å²) >= 11 is 0. The smallest absolute Gasteiger partial charge is 0.357 e. The van der Waals surface area contributed by atoms with E-state index in [0.717, 1.165) is 22.5 Å². The fourth-order valence-electron chi connectivity index (χ4n) is 2.14. The molecule has 0 bridgehead atoms. The van der Waals surface area contributed by atoms with Crippen LogP contribution in [0.15, 0.2) is 48.8 Å². The average Bonchev–Trinajstić information content (AvgIpc) is 3.06. The molecule has 0 aliphatic heterocycles. The molecule has 0 unspecified atom stereocenters. The minimum atomic E-state index is 0.0172. The molecule has 0 saturated carbocycles. The molecule has 2 N–H and O–H groups in total. The predicted molar refractivity (Wildman–Crippen MR) is 88.0 cm³/mol. The highest BCUT2D eigenvalue weighted by molar-refractivity contribution is 5.61. The largest absolute Gasteiger partial charge is 0.426 e. The summed E-state index contributed by atoms with van der Waals surface area (Å²) in [5, 5.41) is 4.49. The molecule has 0 aliphatic rings. The number of nitrogen functional groups attached to an aromatic ring is 1. The van der Waals surface area contributed by atoms with Crippen molar-refractivity contribution in [3.63, 3.8) is 0 Å². The van der Waals surface area contributed by atoms with Gasteiger partial charge in [0.25, 0.3) is 0 Å². The van der Waals surface area contributed by atoms with E-state index >= 15 is 0 Å². The molecule has 23 heavy (non-hydrogen) atoms. The van der Waals surface area contributed by atoms with Gasteiger partial charge in [-0.05, 0) is 55.0 Å². The van der Waals surface area contributed by atoms with E-state index < -0.39 is 0 Å². The summed E-state index contributed by atoms with van der Waals surface area (Å²) in [6.45, 7) is 8.68. The highest BCUT2D eigenvalue weighted by Gasteiger charge is 2.07. The second-order valence-corrected chi connectivity index (χ2v) is 5.01. The number of rotatable bonds is 4. The van der Waals surface area contributed by atoms with Crippen molar-refractivity contribution in [3.05, 3.63) is 65.8 Å². The maximum atomic E-state index is 6.71. The Labute approximate surface area is 134 Å². The first-order chi connectivity index (χ1) is 11.2. The van der Waals surface area contributed by atoms with E-state index in [0.29, 0.717) is 11.6 Å². The van der Waals surface area contributed by atoms with Crippen LogP contribution in [0.4, 0.5) is 5.69 Å². The fraction of sp³-hybridized carbons (Fsp3) is 0.118. The summed E-state index contributed by atoms with van der Waals surface area (Å²) in [5.41, 5.74) is 9.38. The maximum absolute atomic E-state index is 6.71. The third kappa shape index (κ3) is 3.14. The van der Waals surface area contributed by atoms with Crippen molar-refractivity contribution < 1.29 is 4.74 Å². The summed E-state index contributed by atoms with van der Waals surface area (Å²) in [6, 6.07) is 13.1. The topological polar surface area (TPSA) is 70.3 Å². The molecule has 6 nitrogen and oxygen atoms in total. The molecule has 0 amide bonds.